The maximum atomic E-state index is 11.7. The van der Waals surface area contributed by atoms with E-state index in [-0.39, 0.29) is 12.3 Å². The Labute approximate surface area is 121 Å². The van der Waals surface area contributed by atoms with Gasteiger partial charge in [0.25, 0.3) is 0 Å². The molecule has 0 spiro atoms. The second-order valence-electron chi connectivity index (χ2n) is 4.41. The zero-order valence-corrected chi connectivity index (χ0v) is 12.2. The van der Waals surface area contributed by atoms with Crippen LogP contribution < -0.4 is 11.2 Å². The third-order valence-corrected chi connectivity index (χ3v) is 3.62. The Morgan fingerprint density at radius 2 is 2.10 bits per heavy atom. The predicted molar refractivity (Wildman–Crippen MR) is 81.8 cm³/mol. The maximum absolute atomic E-state index is 11.7. The molecule has 0 atom stereocenters. The van der Waals surface area contributed by atoms with Gasteiger partial charge in [0.05, 0.1) is 12.1 Å². The first-order valence-corrected chi connectivity index (χ1v) is 7.02. The third kappa shape index (κ3) is 3.89. The minimum atomic E-state index is -0.172. The van der Waals surface area contributed by atoms with Crippen molar-refractivity contribution < 1.29 is 4.79 Å². The van der Waals surface area contributed by atoms with E-state index in [2.05, 4.69) is 15.5 Å². The molecule has 2 rings (SSSR count). The zero-order valence-electron chi connectivity index (χ0n) is 11.4. The van der Waals surface area contributed by atoms with Gasteiger partial charge in [0.15, 0.2) is 0 Å². The average molecular weight is 288 g/mol. The van der Waals surface area contributed by atoms with Gasteiger partial charge in [0, 0.05) is 16.8 Å². The summed E-state index contributed by atoms with van der Waals surface area (Å²) in [5.74, 6) is -0.172. The number of nitrogens with zero attached hydrogens (tertiary/aromatic N) is 2. The van der Waals surface area contributed by atoms with E-state index in [9.17, 15) is 4.79 Å². The summed E-state index contributed by atoms with van der Waals surface area (Å²) in [5, 5.41) is 6.79. The van der Waals surface area contributed by atoms with Crippen molar-refractivity contribution in [3.63, 3.8) is 0 Å². The number of nitrogens with two attached hydrogens (primary N) is 1. The molecule has 0 unspecified atom stereocenters. The number of hydrazone groups is 1. The van der Waals surface area contributed by atoms with E-state index in [1.165, 1.54) is 11.3 Å². The molecule has 5 nitrogen and oxygen atoms in total. The number of carbonyl (C=O) groups excluding carboxylic acids is 1. The molecule has 1 aromatic heterocycles. The summed E-state index contributed by atoms with van der Waals surface area (Å²) in [6.45, 7) is 3.74. The molecule has 20 heavy (non-hydrogen) atoms. The minimum absolute atomic E-state index is 0.172. The molecule has 1 heterocycles. The summed E-state index contributed by atoms with van der Waals surface area (Å²) in [6.07, 6.45) is 0.247. The molecule has 0 bridgehead atoms. The molecule has 0 aliphatic carbocycles. The number of hydrogen-bond donors (Lipinski definition) is 2. The second kappa shape index (κ2) is 6.29. The Bertz CT molecular complexity index is 631. The first kappa shape index (κ1) is 14.2. The quantitative estimate of drug-likeness (QED) is 0.514. The summed E-state index contributed by atoms with van der Waals surface area (Å²) in [6, 6.07) is 7.33. The van der Waals surface area contributed by atoms with Crippen LogP contribution in [0.4, 0.5) is 5.69 Å². The van der Waals surface area contributed by atoms with Crippen LogP contribution in [0.1, 0.15) is 23.2 Å². The molecule has 0 aliphatic heterocycles. The number of aryl methyl sites for hydroxylation is 1. The fourth-order valence-electron chi connectivity index (χ4n) is 1.60. The topological polar surface area (TPSA) is 80.4 Å². The van der Waals surface area contributed by atoms with Gasteiger partial charge in [-0.05, 0) is 31.5 Å². The van der Waals surface area contributed by atoms with Crippen LogP contribution in [0, 0.1) is 6.92 Å². The molecule has 0 fully saturated rings. The van der Waals surface area contributed by atoms with E-state index in [1.807, 2.05) is 31.4 Å². The fraction of sp³-hybridized carbons (Fsp3) is 0.214. The predicted octanol–water partition coefficient (Wildman–Crippen LogP) is 2.12. The lowest BCUT2D eigenvalue weighted by atomic mass is 10.1. The molecule has 3 N–H and O–H groups in total. The molecular formula is C14H16N4OS. The van der Waals surface area contributed by atoms with Gasteiger partial charge < -0.3 is 5.73 Å². The normalized spacial score (nSPS) is 11.4. The van der Waals surface area contributed by atoms with Crippen molar-refractivity contribution >= 4 is 28.6 Å². The number of hydrogen-bond acceptors (Lipinski definition) is 5. The van der Waals surface area contributed by atoms with E-state index in [1.54, 1.807) is 12.1 Å². The van der Waals surface area contributed by atoms with Gasteiger partial charge in [-0.15, -0.1) is 11.3 Å². The lowest BCUT2D eigenvalue weighted by Gasteiger charge is -2.02. The molecule has 0 aliphatic rings. The van der Waals surface area contributed by atoms with Crippen molar-refractivity contribution in [1.29, 1.82) is 0 Å². The number of anilines is 1. The second-order valence-corrected chi connectivity index (χ2v) is 5.36. The lowest BCUT2D eigenvalue weighted by Crippen LogP contribution is -2.21. The SMILES string of the molecule is C/C(=N/NC(=O)Cc1nc(C)cs1)c1ccc(N)cc1. The molecule has 0 saturated heterocycles. The van der Waals surface area contributed by atoms with E-state index in [4.69, 9.17) is 5.73 Å². The van der Waals surface area contributed by atoms with Crippen molar-refractivity contribution in [2.24, 2.45) is 5.10 Å². The third-order valence-electron chi connectivity index (χ3n) is 2.66. The largest absolute Gasteiger partial charge is 0.399 e. The smallest absolute Gasteiger partial charge is 0.246 e. The molecule has 1 amide bonds. The van der Waals surface area contributed by atoms with Crippen LogP contribution in [0.25, 0.3) is 0 Å². The van der Waals surface area contributed by atoms with E-state index in [0.29, 0.717) is 5.69 Å². The van der Waals surface area contributed by atoms with Crippen molar-refractivity contribution in [2.75, 3.05) is 5.73 Å². The standard InChI is InChI=1S/C14H16N4OS/c1-9-8-20-14(16-9)7-13(19)18-17-10(2)11-3-5-12(15)6-4-11/h3-6,8H,7,15H2,1-2H3,(H,18,19)/b17-10-. The van der Waals surface area contributed by atoms with Crippen molar-refractivity contribution in [2.45, 2.75) is 20.3 Å². The Morgan fingerprint density at radius 1 is 1.40 bits per heavy atom. The van der Waals surface area contributed by atoms with Crippen LogP contribution in [0.15, 0.2) is 34.7 Å². The van der Waals surface area contributed by atoms with Crippen molar-refractivity contribution in [3.8, 4) is 0 Å². The number of benzene rings is 1. The van der Waals surface area contributed by atoms with Crippen LogP contribution in [0.5, 0.6) is 0 Å². The Kier molecular flexibility index (Phi) is 4.47. The van der Waals surface area contributed by atoms with Crippen molar-refractivity contribution in [3.05, 3.63) is 45.9 Å². The van der Waals surface area contributed by atoms with Gasteiger partial charge in [-0.3, -0.25) is 4.79 Å². The highest BCUT2D eigenvalue weighted by atomic mass is 32.1. The highest BCUT2D eigenvalue weighted by Crippen LogP contribution is 2.09. The summed E-state index contributed by atoms with van der Waals surface area (Å²) in [7, 11) is 0. The number of carbonyl (C=O) groups is 1. The molecule has 0 radical (unpaired) electrons. The average Bonchev–Trinajstić information content (AvgIpc) is 2.82. The molecule has 104 valence electrons. The van der Waals surface area contributed by atoms with Gasteiger partial charge in [-0.1, -0.05) is 12.1 Å². The highest BCUT2D eigenvalue weighted by molar-refractivity contribution is 7.09. The van der Waals surface area contributed by atoms with Crippen LogP contribution in [0.2, 0.25) is 0 Å². The van der Waals surface area contributed by atoms with E-state index < -0.39 is 0 Å². The van der Waals surface area contributed by atoms with E-state index in [0.717, 1.165) is 22.0 Å². The molecular weight excluding hydrogens is 272 g/mol. The maximum Gasteiger partial charge on any atom is 0.246 e. The number of rotatable bonds is 4. The first-order valence-electron chi connectivity index (χ1n) is 6.14. The van der Waals surface area contributed by atoms with Gasteiger partial charge in [-0.25, -0.2) is 10.4 Å². The lowest BCUT2D eigenvalue weighted by molar-refractivity contribution is -0.120. The number of nitrogen functional groups attached to an aromatic ring is 1. The monoisotopic (exact) mass is 288 g/mol. The van der Waals surface area contributed by atoms with Crippen LogP contribution >= 0.6 is 11.3 Å². The first-order chi connectivity index (χ1) is 9.54. The Balaban J connectivity index is 1.94. The van der Waals surface area contributed by atoms with Crippen LogP contribution in [0.3, 0.4) is 0 Å². The van der Waals surface area contributed by atoms with Gasteiger partial charge in [0.1, 0.15) is 5.01 Å². The number of amides is 1. The molecule has 0 saturated carbocycles. The highest BCUT2D eigenvalue weighted by Gasteiger charge is 2.06. The summed E-state index contributed by atoms with van der Waals surface area (Å²) >= 11 is 1.48. The summed E-state index contributed by atoms with van der Waals surface area (Å²) in [4.78, 5) is 16.0. The molecule has 6 heteroatoms. The Morgan fingerprint density at radius 3 is 2.70 bits per heavy atom. The van der Waals surface area contributed by atoms with Gasteiger partial charge in [-0.2, -0.15) is 5.10 Å². The fourth-order valence-corrected chi connectivity index (χ4v) is 2.37. The minimum Gasteiger partial charge on any atom is -0.399 e. The van der Waals surface area contributed by atoms with E-state index >= 15 is 0 Å². The number of aromatic nitrogens is 1. The zero-order chi connectivity index (χ0) is 14.5. The van der Waals surface area contributed by atoms with Gasteiger partial charge in [0.2, 0.25) is 5.91 Å². The van der Waals surface area contributed by atoms with Crippen molar-refractivity contribution in [1.82, 2.24) is 10.4 Å². The van der Waals surface area contributed by atoms with Gasteiger partial charge >= 0.3 is 0 Å². The molecule has 2 aromatic rings. The Hall–Kier alpha value is -2.21. The number of nitrogens with one attached hydrogen (secondary N) is 1. The van der Waals surface area contributed by atoms with Crippen LogP contribution in [-0.2, 0) is 11.2 Å². The summed E-state index contributed by atoms with van der Waals surface area (Å²) in [5.41, 5.74) is 11.4. The number of thiazole rings is 1. The van der Waals surface area contributed by atoms with Crippen LogP contribution in [-0.4, -0.2) is 16.6 Å². The molecule has 1 aromatic carbocycles. The summed E-state index contributed by atoms with van der Waals surface area (Å²) < 4.78 is 0.